The Kier molecular flexibility index (Phi) is 6.52. The summed E-state index contributed by atoms with van der Waals surface area (Å²) >= 11 is 0. The summed E-state index contributed by atoms with van der Waals surface area (Å²) in [7, 11) is -1.99. The van der Waals surface area contributed by atoms with Gasteiger partial charge in [0, 0.05) is 38.9 Å². The van der Waals surface area contributed by atoms with Crippen LogP contribution < -0.4 is 5.32 Å². The molecule has 0 radical (unpaired) electrons. The molecule has 2 rings (SSSR count). The number of sulfonamides is 1. The first kappa shape index (κ1) is 17.9. The number of amides is 1. The molecule has 1 fully saturated rings. The molecule has 1 aliphatic rings. The first-order chi connectivity index (χ1) is 11.1. The highest BCUT2D eigenvalue weighted by Crippen LogP contribution is 2.18. The highest BCUT2D eigenvalue weighted by atomic mass is 32.2. The van der Waals surface area contributed by atoms with Gasteiger partial charge in [0.1, 0.15) is 0 Å². The molecule has 0 unspecified atom stereocenters. The Morgan fingerprint density at radius 3 is 2.78 bits per heavy atom. The molecule has 8 heteroatoms. The molecule has 1 N–H and O–H groups in total. The van der Waals surface area contributed by atoms with Crippen LogP contribution in [-0.4, -0.2) is 65.2 Å². The minimum absolute atomic E-state index is 0.129. The van der Waals surface area contributed by atoms with E-state index in [9.17, 15) is 13.2 Å². The Bertz CT molecular complexity index is 627. The zero-order valence-corrected chi connectivity index (χ0v) is 14.0. The van der Waals surface area contributed by atoms with Gasteiger partial charge in [0.15, 0.2) is 0 Å². The minimum atomic E-state index is -3.59. The number of rotatable bonds is 7. The molecule has 23 heavy (non-hydrogen) atoms. The highest BCUT2D eigenvalue weighted by Gasteiger charge is 2.26. The molecule has 0 atom stereocenters. The topological polar surface area (TPSA) is 84.9 Å². The minimum Gasteiger partial charge on any atom is -0.385 e. The monoisotopic (exact) mass is 342 g/mol. The fourth-order valence-corrected chi connectivity index (χ4v) is 3.71. The second-order valence-electron chi connectivity index (χ2n) is 5.15. The zero-order valence-electron chi connectivity index (χ0n) is 13.2. The van der Waals surface area contributed by atoms with E-state index >= 15 is 0 Å². The van der Waals surface area contributed by atoms with E-state index in [0.29, 0.717) is 51.4 Å². The Morgan fingerprint density at radius 2 is 2.09 bits per heavy atom. The maximum absolute atomic E-state index is 12.6. The van der Waals surface area contributed by atoms with Crippen LogP contribution in [0.5, 0.6) is 0 Å². The van der Waals surface area contributed by atoms with Crippen molar-refractivity contribution in [3.8, 4) is 0 Å². The van der Waals surface area contributed by atoms with E-state index in [0.717, 1.165) is 0 Å². The second kappa shape index (κ2) is 8.39. The lowest BCUT2D eigenvalue weighted by atomic mass is 10.2. The van der Waals surface area contributed by atoms with Gasteiger partial charge in [0.05, 0.1) is 18.1 Å². The normalized spacial score (nSPS) is 16.2. The lowest BCUT2D eigenvalue weighted by Gasteiger charge is -2.26. The highest BCUT2D eigenvalue weighted by molar-refractivity contribution is 7.89. The van der Waals surface area contributed by atoms with Crippen molar-refractivity contribution in [3.63, 3.8) is 0 Å². The summed E-state index contributed by atoms with van der Waals surface area (Å²) in [6, 6.07) is 6.10. The molecule has 1 heterocycles. The Labute approximate surface area is 136 Å². The van der Waals surface area contributed by atoms with Crippen LogP contribution in [0.3, 0.4) is 0 Å². The van der Waals surface area contributed by atoms with E-state index in [4.69, 9.17) is 9.47 Å². The van der Waals surface area contributed by atoms with E-state index in [1.54, 1.807) is 19.2 Å². The van der Waals surface area contributed by atoms with Gasteiger partial charge >= 0.3 is 0 Å². The fraction of sp³-hybridized carbons (Fsp3) is 0.533. The second-order valence-corrected chi connectivity index (χ2v) is 7.08. The van der Waals surface area contributed by atoms with Gasteiger partial charge < -0.3 is 14.8 Å². The molecular formula is C15H22N2O5S. The summed E-state index contributed by atoms with van der Waals surface area (Å²) < 4.78 is 36.6. The van der Waals surface area contributed by atoms with E-state index < -0.39 is 10.0 Å². The van der Waals surface area contributed by atoms with Crippen molar-refractivity contribution in [2.24, 2.45) is 0 Å². The number of hydrogen-bond donors (Lipinski definition) is 1. The van der Waals surface area contributed by atoms with Gasteiger partial charge in [-0.3, -0.25) is 4.79 Å². The average molecular weight is 342 g/mol. The standard InChI is InChI=1S/C15H22N2O5S/c1-21-9-3-6-16-15(18)13-4-2-5-14(12-13)23(19,20)17-7-10-22-11-8-17/h2,4-5,12H,3,6-11H2,1H3,(H,16,18). The van der Waals surface area contributed by atoms with Gasteiger partial charge in [-0.2, -0.15) is 4.31 Å². The van der Waals surface area contributed by atoms with E-state index in [1.807, 2.05) is 0 Å². The largest absolute Gasteiger partial charge is 0.385 e. The number of nitrogens with one attached hydrogen (secondary N) is 1. The lowest BCUT2D eigenvalue weighted by molar-refractivity contribution is 0.0730. The SMILES string of the molecule is COCCCNC(=O)c1cccc(S(=O)(=O)N2CCOCC2)c1. The van der Waals surface area contributed by atoms with Crippen molar-refractivity contribution >= 4 is 15.9 Å². The number of morpholine rings is 1. The summed E-state index contributed by atoms with van der Waals surface area (Å²) in [5.74, 6) is -0.292. The van der Waals surface area contributed by atoms with E-state index in [-0.39, 0.29) is 10.8 Å². The van der Waals surface area contributed by atoms with Crippen LogP contribution in [0.1, 0.15) is 16.8 Å². The number of benzene rings is 1. The third-order valence-corrected chi connectivity index (χ3v) is 5.41. The molecule has 0 spiro atoms. The first-order valence-corrected chi connectivity index (χ1v) is 8.95. The third kappa shape index (κ3) is 4.74. The Morgan fingerprint density at radius 1 is 1.35 bits per heavy atom. The van der Waals surface area contributed by atoms with Gasteiger partial charge in [0.2, 0.25) is 10.0 Å². The van der Waals surface area contributed by atoms with Gasteiger partial charge in [-0.15, -0.1) is 0 Å². The van der Waals surface area contributed by atoms with Crippen LogP contribution in [-0.2, 0) is 19.5 Å². The summed E-state index contributed by atoms with van der Waals surface area (Å²) in [5.41, 5.74) is 0.330. The molecule has 0 bridgehead atoms. The van der Waals surface area contributed by atoms with Crippen LogP contribution in [0, 0.1) is 0 Å². The van der Waals surface area contributed by atoms with Gasteiger partial charge in [0.25, 0.3) is 5.91 Å². The summed E-state index contributed by atoms with van der Waals surface area (Å²) in [6.45, 7) is 2.47. The molecule has 128 valence electrons. The van der Waals surface area contributed by atoms with Gasteiger partial charge in [-0.25, -0.2) is 8.42 Å². The van der Waals surface area contributed by atoms with Crippen molar-refractivity contribution in [3.05, 3.63) is 29.8 Å². The van der Waals surface area contributed by atoms with Crippen LogP contribution in [0.15, 0.2) is 29.2 Å². The predicted molar refractivity (Wildman–Crippen MR) is 84.8 cm³/mol. The van der Waals surface area contributed by atoms with Crippen LogP contribution in [0.25, 0.3) is 0 Å². The van der Waals surface area contributed by atoms with E-state index in [1.165, 1.54) is 16.4 Å². The predicted octanol–water partition coefficient (Wildman–Crippen LogP) is 0.474. The molecule has 1 aliphatic heterocycles. The zero-order chi connectivity index (χ0) is 16.7. The van der Waals surface area contributed by atoms with Crippen LogP contribution in [0.2, 0.25) is 0 Å². The number of methoxy groups -OCH3 is 1. The van der Waals surface area contributed by atoms with Crippen LogP contribution >= 0.6 is 0 Å². The molecule has 1 saturated heterocycles. The Hall–Kier alpha value is -1.48. The fourth-order valence-electron chi connectivity index (χ4n) is 2.25. The maximum Gasteiger partial charge on any atom is 0.251 e. The van der Waals surface area contributed by atoms with Crippen molar-refractivity contribution in [2.75, 3.05) is 46.6 Å². The average Bonchev–Trinajstić information content (AvgIpc) is 2.59. The number of carbonyl (C=O) groups is 1. The summed E-state index contributed by atoms with van der Waals surface area (Å²) in [5, 5.41) is 2.74. The van der Waals surface area contributed by atoms with Crippen molar-refractivity contribution in [1.29, 1.82) is 0 Å². The molecule has 1 aromatic rings. The molecule has 0 saturated carbocycles. The van der Waals surface area contributed by atoms with Crippen LogP contribution in [0.4, 0.5) is 0 Å². The number of ether oxygens (including phenoxy) is 2. The maximum atomic E-state index is 12.6. The first-order valence-electron chi connectivity index (χ1n) is 7.51. The third-order valence-electron chi connectivity index (χ3n) is 3.51. The molecule has 0 aliphatic carbocycles. The van der Waals surface area contributed by atoms with Gasteiger partial charge in [-0.1, -0.05) is 6.07 Å². The molecule has 1 aromatic carbocycles. The van der Waals surface area contributed by atoms with Crippen molar-refractivity contribution in [2.45, 2.75) is 11.3 Å². The summed E-state index contributed by atoms with van der Waals surface area (Å²) in [6.07, 6.45) is 0.702. The van der Waals surface area contributed by atoms with Crippen molar-refractivity contribution in [1.82, 2.24) is 9.62 Å². The van der Waals surface area contributed by atoms with Crippen molar-refractivity contribution < 1.29 is 22.7 Å². The van der Waals surface area contributed by atoms with E-state index in [2.05, 4.69) is 5.32 Å². The Balaban J connectivity index is 2.08. The summed E-state index contributed by atoms with van der Waals surface area (Å²) in [4.78, 5) is 12.2. The molecule has 1 amide bonds. The quantitative estimate of drug-likeness (QED) is 0.728. The van der Waals surface area contributed by atoms with Gasteiger partial charge in [-0.05, 0) is 24.6 Å². The number of hydrogen-bond acceptors (Lipinski definition) is 5. The molecule has 7 nitrogen and oxygen atoms in total. The molecular weight excluding hydrogens is 320 g/mol. The lowest BCUT2D eigenvalue weighted by Crippen LogP contribution is -2.40. The number of carbonyl (C=O) groups excluding carboxylic acids is 1. The molecule has 0 aromatic heterocycles. The smallest absolute Gasteiger partial charge is 0.251 e. The number of nitrogens with zero attached hydrogens (tertiary/aromatic N) is 1.